The number of ketones is 1. The van der Waals surface area contributed by atoms with Gasteiger partial charge in [0.15, 0.2) is 11.7 Å². The molecular weight excluding hydrogens is 412 g/mol. The number of anilines is 1. The molecule has 0 bridgehead atoms. The number of rotatable bonds is 0. The van der Waals surface area contributed by atoms with Gasteiger partial charge in [0.25, 0.3) is 0 Å². The Morgan fingerprint density at radius 3 is 2.73 bits per heavy atom. The third-order valence-corrected chi connectivity index (χ3v) is 8.88. The molecule has 0 saturated heterocycles. The van der Waals surface area contributed by atoms with E-state index in [1.165, 1.54) is 35.2 Å². The lowest BCUT2D eigenvalue weighted by atomic mass is 9.65. The fraction of sp³-hybridized carbons (Fsp3) is 0.536. The SMILES string of the molecule is CN1C2=C(C(=O)C3C=CC=CC31)[C@H]1c3cc4c5c(c3OC[C@H]1C(C)(C)O2)CCCN5CCC4. The first-order valence-corrected chi connectivity index (χ1v) is 12.6. The van der Waals surface area contributed by atoms with E-state index in [9.17, 15) is 4.79 Å². The number of fused-ring (bicyclic) bond motifs is 6. The Balaban J connectivity index is 1.46. The summed E-state index contributed by atoms with van der Waals surface area (Å²) in [5, 5.41) is 0. The molecule has 172 valence electrons. The van der Waals surface area contributed by atoms with E-state index in [4.69, 9.17) is 9.47 Å². The Hall–Kier alpha value is -2.69. The maximum atomic E-state index is 14.0. The number of carbonyl (C=O) groups excluding carboxylic acids is 1. The fourth-order valence-corrected chi connectivity index (χ4v) is 7.26. The highest BCUT2D eigenvalue weighted by atomic mass is 16.5. The van der Waals surface area contributed by atoms with Crippen molar-refractivity contribution in [2.45, 2.75) is 57.1 Å². The number of benzene rings is 1. The number of Topliss-reactive ketones (excluding diaryl/α,β-unsaturated/α-hetero) is 1. The van der Waals surface area contributed by atoms with Crippen LogP contribution in [0.3, 0.4) is 0 Å². The van der Waals surface area contributed by atoms with Crippen molar-refractivity contribution in [2.75, 3.05) is 31.6 Å². The Morgan fingerprint density at radius 2 is 1.88 bits per heavy atom. The molecular formula is C28H32N2O3. The highest BCUT2D eigenvalue weighted by Gasteiger charge is 2.55. The molecule has 5 aliphatic heterocycles. The molecule has 7 rings (SSSR count). The van der Waals surface area contributed by atoms with Crippen molar-refractivity contribution < 1.29 is 14.3 Å². The largest absolute Gasteiger partial charge is 0.492 e. The minimum atomic E-state index is -0.421. The Morgan fingerprint density at radius 1 is 1.09 bits per heavy atom. The smallest absolute Gasteiger partial charge is 0.197 e. The highest BCUT2D eigenvalue weighted by molar-refractivity contribution is 6.02. The third kappa shape index (κ3) is 2.57. The van der Waals surface area contributed by atoms with Crippen molar-refractivity contribution in [3.63, 3.8) is 0 Å². The summed E-state index contributed by atoms with van der Waals surface area (Å²) in [5.41, 5.74) is 5.92. The van der Waals surface area contributed by atoms with E-state index >= 15 is 0 Å². The second kappa shape index (κ2) is 6.68. The zero-order chi connectivity index (χ0) is 22.5. The van der Waals surface area contributed by atoms with Crippen LogP contribution < -0.4 is 9.64 Å². The van der Waals surface area contributed by atoms with Crippen LogP contribution in [0.5, 0.6) is 5.75 Å². The number of hydrogen-bond acceptors (Lipinski definition) is 5. The number of nitrogens with zero attached hydrogens (tertiary/aromatic N) is 2. The summed E-state index contributed by atoms with van der Waals surface area (Å²) in [4.78, 5) is 18.8. The molecule has 0 N–H and O–H groups in total. The standard InChI is InChI=1S/C28H32N2O3/c1-28(2)20-15-32-26-18-10-7-13-30-12-6-8-16(24(18)30)14-19(26)22(20)23-25(31)17-9-4-5-11-21(17)29(3)27(23)33-28/h4-5,9,11,14,17,20-22H,6-8,10,12-13,15H2,1-3H3/t17?,20-,21?,22+/m1/s1. The fourth-order valence-electron chi connectivity index (χ4n) is 7.26. The van der Waals surface area contributed by atoms with Gasteiger partial charge in [0.05, 0.1) is 24.1 Å². The van der Waals surface area contributed by atoms with Crippen molar-refractivity contribution >= 4 is 11.5 Å². The van der Waals surface area contributed by atoms with Crippen LogP contribution in [-0.4, -0.2) is 49.1 Å². The average molecular weight is 445 g/mol. The van der Waals surface area contributed by atoms with Crippen LogP contribution in [0.1, 0.15) is 49.3 Å². The lowest BCUT2D eigenvalue weighted by Crippen LogP contribution is -2.56. The van der Waals surface area contributed by atoms with Crippen molar-refractivity contribution in [3.05, 3.63) is 58.5 Å². The van der Waals surface area contributed by atoms with Crippen LogP contribution in [0.25, 0.3) is 0 Å². The van der Waals surface area contributed by atoms with Gasteiger partial charge < -0.3 is 19.3 Å². The second-order valence-electron chi connectivity index (χ2n) is 11.1. The number of allylic oxidation sites excluding steroid dienone is 3. The number of likely N-dealkylation sites (N-methyl/N-ethyl adjacent to an activating group) is 1. The van der Waals surface area contributed by atoms with Gasteiger partial charge in [0.1, 0.15) is 11.4 Å². The number of carbonyl (C=O) groups is 1. The van der Waals surface area contributed by atoms with Crippen LogP contribution in [-0.2, 0) is 22.4 Å². The monoisotopic (exact) mass is 444 g/mol. The molecule has 0 fully saturated rings. The molecule has 1 aliphatic carbocycles. The van der Waals surface area contributed by atoms with Gasteiger partial charge >= 0.3 is 0 Å². The first-order chi connectivity index (χ1) is 16.0. The summed E-state index contributed by atoms with van der Waals surface area (Å²) in [6.07, 6.45) is 12.8. The Bertz CT molecular complexity index is 1160. The summed E-state index contributed by atoms with van der Waals surface area (Å²) in [5.74, 6) is 2.02. The third-order valence-electron chi connectivity index (χ3n) is 8.88. The maximum Gasteiger partial charge on any atom is 0.197 e. The van der Waals surface area contributed by atoms with Gasteiger partial charge in [-0.05, 0) is 51.2 Å². The minimum absolute atomic E-state index is 0.0153. The zero-order valence-electron chi connectivity index (χ0n) is 19.8. The predicted octanol–water partition coefficient (Wildman–Crippen LogP) is 4.12. The zero-order valence-corrected chi connectivity index (χ0v) is 19.8. The average Bonchev–Trinajstić information content (AvgIpc) is 2.82. The molecule has 33 heavy (non-hydrogen) atoms. The molecule has 1 aromatic rings. The highest BCUT2D eigenvalue weighted by Crippen LogP contribution is 2.57. The molecule has 0 aromatic heterocycles. The van der Waals surface area contributed by atoms with Gasteiger partial charge in [-0.1, -0.05) is 24.3 Å². The summed E-state index contributed by atoms with van der Waals surface area (Å²) in [6.45, 7) is 7.20. The van der Waals surface area contributed by atoms with E-state index in [1.807, 2.05) is 12.2 Å². The van der Waals surface area contributed by atoms with Gasteiger partial charge in [0.2, 0.25) is 0 Å². The summed E-state index contributed by atoms with van der Waals surface area (Å²) in [6, 6.07) is 2.41. The first kappa shape index (κ1) is 19.7. The summed E-state index contributed by atoms with van der Waals surface area (Å²) >= 11 is 0. The Kier molecular flexibility index (Phi) is 4.00. The Labute approximate surface area is 195 Å². The molecule has 5 heteroatoms. The van der Waals surface area contributed by atoms with E-state index in [2.05, 4.69) is 48.9 Å². The van der Waals surface area contributed by atoms with E-state index in [1.54, 1.807) is 0 Å². The van der Waals surface area contributed by atoms with Crippen LogP contribution in [0.15, 0.2) is 41.8 Å². The van der Waals surface area contributed by atoms with Crippen molar-refractivity contribution in [1.82, 2.24) is 4.90 Å². The van der Waals surface area contributed by atoms with Crippen LogP contribution in [0.2, 0.25) is 0 Å². The lowest BCUT2D eigenvalue weighted by Gasteiger charge is -2.53. The van der Waals surface area contributed by atoms with Gasteiger partial charge in [0, 0.05) is 48.8 Å². The van der Waals surface area contributed by atoms with E-state index in [0.717, 1.165) is 43.1 Å². The maximum absolute atomic E-state index is 14.0. The van der Waals surface area contributed by atoms with Gasteiger partial charge in [-0.2, -0.15) is 0 Å². The van der Waals surface area contributed by atoms with E-state index in [0.29, 0.717) is 6.61 Å². The quantitative estimate of drug-likeness (QED) is 0.602. The molecule has 4 atom stereocenters. The normalized spacial score (nSPS) is 32.8. The molecule has 2 unspecified atom stereocenters. The molecule has 1 aromatic carbocycles. The van der Waals surface area contributed by atoms with E-state index < -0.39 is 5.60 Å². The van der Waals surface area contributed by atoms with Gasteiger partial charge in [-0.3, -0.25) is 4.79 Å². The van der Waals surface area contributed by atoms with Crippen molar-refractivity contribution in [2.24, 2.45) is 11.8 Å². The van der Waals surface area contributed by atoms with Crippen LogP contribution in [0, 0.1) is 11.8 Å². The number of ether oxygens (including phenoxy) is 2. The van der Waals surface area contributed by atoms with Crippen molar-refractivity contribution in [1.29, 1.82) is 0 Å². The predicted molar refractivity (Wildman–Crippen MR) is 128 cm³/mol. The molecule has 5 heterocycles. The molecule has 0 spiro atoms. The number of aryl methyl sites for hydroxylation is 1. The van der Waals surface area contributed by atoms with Gasteiger partial charge in [-0.15, -0.1) is 0 Å². The summed E-state index contributed by atoms with van der Waals surface area (Å²) < 4.78 is 13.2. The van der Waals surface area contributed by atoms with Crippen LogP contribution >= 0.6 is 0 Å². The molecule has 0 amide bonds. The first-order valence-electron chi connectivity index (χ1n) is 12.6. The van der Waals surface area contributed by atoms with Crippen molar-refractivity contribution in [3.8, 4) is 5.75 Å². The second-order valence-corrected chi connectivity index (χ2v) is 11.1. The molecule has 0 radical (unpaired) electrons. The number of hydrogen-bond donors (Lipinski definition) is 0. The lowest BCUT2D eigenvalue weighted by molar-refractivity contribution is -0.132. The van der Waals surface area contributed by atoms with Gasteiger partial charge in [-0.25, -0.2) is 0 Å². The molecule has 5 nitrogen and oxygen atoms in total. The summed E-state index contributed by atoms with van der Waals surface area (Å²) in [7, 11) is 2.08. The van der Waals surface area contributed by atoms with E-state index in [-0.39, 0.29) is 29.6 Å². The van der Waals surface area contributed by atoms with Crippen LogP contribution in [0.4, 0.5) is 5.69 Å². The molecule has 0 saturated carbocycles. The minimum Gasteiger partial charge on any atom is -0.492 e. The molecule has 6 aliphatic rings. The topological polar surface area (TPSA) is 42.0 Å².